The Bertz CT molecular complexity index is 905. The highest BCUT2D eigenvalue weighted by atomic mass is 19.1. The molecular formula is C23H24FN3O2. The average Bonchev–Trinajstić information content (AvgIpc) is 3.30. The highest BCUT2D eigenvalue weighted by Gasteiger charge is 2.27. The van der Waals surface area contributed by atoms with Crippen LogP contribution in [0.5, 0.6) is 0 Å². The summed E-state index contributed by atoms with van der Waals surface area (Å²) in [5.74, 6) is 0.258. The molecule has 0 spiro atoms. The molecule has 1 saturated heterocycles. The van der Waals surface area contributed by atoms with E-state index in [4.69, 9.17) is 4.42 Å². The SMILES string of the molecule is O=C(NCC(c1ccco1)N1CCN(c2ccccc2)CC1)c1ccc(F)cc1. The van der Waals surface area contributed by atoms with Crippen LogP contribution < -0.4 is 10.2 Å². The molecule has 1 aliphatic rings. The van der Waals surface area contributed by atoms with E-state index in [1.54, 1.807) is 6.26 Å². The van der Waals surface area contributed by atoms with Crippen LogP contribution in [0, 0.1) is 5.82 Å². The topological polar surface area (TPSA) is 48.7 Å². The molecule has 0 saturated carbocycles. The van der Waals surface area contributed by atoms with Gasteiger partial charge in [0, 0.05) is 44.0 Å². The van der Waals surface area contributed by atoms with Gasteiger partial charge in [0.15, 0.2) is 0 Å². The van der Waals surface area contributed by atoms with E-state index in [2.05, 4.69) is 39.4 Å². The van der Waals surface area contributed by atoms with Crippen molar-refractivity contribution in [2.75, 3.05) is 37.6 Å². The minimum atomic E-state index is -0.355. The average molecular weight is 393 g/mol. The fraction of sp³-hybridized carbons (Fsp3) is 0.261. The van der Waals surface area contributed by atoms with Crippen molar-refractivity contribution in [2.45, 2.75) is 6.04 Å². The van der Waals surface area contributed by atoms with Gasteiger partial charge >= 0.3 is 0 Å². The first kappa shape index (κ1) is 19.2. The second-order valence-electron chi connectivity index (χ2n) is 7.11. The summed E-state index contributed by atoms with van der Waals surface area (Å²) in [4.78, 5) is 17.2. The van der Waals surface area contributed by atoms with Gasteiger partial charge in [-0.25, -0.2) is 4.39 Å². The molecule has 150 valence electrons. The predicted molar refractivity (Wildman–Crippen MR) is 110 cm³/mol. The third-order valence-corrected chi connectivity index (χ3v) is 5.31. The molecule has 2 heterocycles. The molecule has 0 radical (unpaired) electrons. The number of amides is 1. The number of benzene rings is 2. The van der Waals surface area contributed by atoms with Gasteiger partial charge in [0.05, 0.1) is 12.3 Å². The van der Waals surface area contributed by atoms with Crippen molar-refractivity contribution in [1.29, 1.82) is 0 Å². The third kappa shape index (κ3) is 4.66. The molecule has 1 aromatic heterocycles. The van der Waals surface area contributed by atoms with Crippen molar-refractivity contribution < 1.29 is 13.6 Å². The number of carbonyl (C=O) groups is 1. The van der Waals surface area contributed by atoms with E-state index < -0.39 is 0 Å². The van der Waals surface area contributed by atoms with E-state index >= 15 is 0 Å². The normalized spacial score (nSPS) is 15.8. The minimum Gasteiger partial charge on any atom is -0.468 e. The molecule has 0 aliphatic carbocycles. The Labute approximate surface area is 169 Å². The van der Waals surface area contributed by atoms with E-state index in [1.165, 1.54) is 30.0 Å². The first-order valence-electron chi connectivity index (χ1n) is 9.82. The van der Waals surface area contributed by atoms with Crippen LogP contribution in [0.4, 0.5) is 10.1 Å². The molecule has 1 unspecified atom stereocenters. The molecule has 29 heavy (non-hydrogen) atoms. The van der Waals surface area contributed by atoms with Gasteiger partial charge in [0.25, 0.3) is 5.91 Å². The number of rotatable bonds is 6. The van der Waals surface area contributed by atoms with Crippen LogP contribution in [-0.2, 0) is 0 Å². The fourth-order valence-electron chi connectivity index (χ4n) is 3.71. The second kappa shape index (κ2) is 8.92. The summed E-state index contributed by atoms with van der Waals surface area (Å²) in [6.07, 6.45) is 1.66. The van der Waals surface area contributed by atoms with E-state index in [9.17, 15) is 9.18 Å². The van der Waals surface area contributed by atoms with Crippen molar-refractivity contribution in [3.63, 3.8) is 0 Å². The summed E-state index contributed by atoms with van der Waals surface area (Å²) in [6, 6.07) is 19.7. The largest absolute Gasteiger partial charge is 0.468 e. The standard InChI is InChI=1S/C23H24FN3O2/c24-19-10-8-18(9-11-19)23(28)25-17-21(22-7-4-16-29-22)27-14-12-26(13-15-27)20-5-2-1-3-6-20/h1-11,16,21H,12-15,17H2,(H,25,28). The fourth-order valence-corrected chi connectivity index (χ4v) is 3.71. The number of nitrogens with one attached hydrogen (secondary N) is 1. The predicted octanol–water partition coefficient (Wildman–Crippen LogP) is 3.71. The zero-order valence-corrected chi connectivity index (χ0v) is 16.1. The number of halogens is 1. The summed E-state index contributed by atoms with van der Waals surface area (Å²) in [6.45, 7) is 3.98. The number of para-hydroxylation sites is 1. The molecule has 1 atom stereocenters. The Kier molecular flexibility index (Phi) is 5.91. The molecule has 1 N–H and O–H groups in total. The molecular weight excluding hydrogens is 369 g/mol. The molecule has 0 bridgehead atoms. The lowest BCUT2D eigenvalue weighted by atomic mass is 10.1. The molecule has 1 amide bonds. The molecule has 1 fully saturated rings. The van der Waals surface area contributed by atoms with Crippen LogP contribution in [0.15, 0.2) is 77.4 Å². The van der Waals surface area contributed by atoms with Crippen LogP contribution in [0.3, 0.4) is 0 Å². The van der Waals surface area contributed by atoms with Crippen molar-refractivity contribution >= 4 is 11.6 Å². The Morgan fingerprint density at radius 2 is 1.69 bits per heavy atom. The number of hydrogen-bond acceptors (Lipinski definition) is 4. The third-order valence-electron chi connectivity index (χ3n) is 5.31. The highest BCUT2D eigenvalue weighted by molar-refractivity contribution is 5.94. The summed E-state index contributed by atoms with van der Waals surface area (Å²) in [7, 11) is 0. The smallest absolute Gasteiger partial charge is 0.251 e. The van der Waals surface area contributed by atoms with Gasteiger partial charge in [-0.15, -0.1) is 0 Å². The molecule has 6 heteroatoms. The lowest BCUT2D eigenvalue weighted by Gasteiger charge is -2.39. The Hall–Kier alpha value is -3.12. The summed E-state index contributed by atoms with van der Waals surface area (Å²) in [5.41, 5.74) is 1.67. The van der Waals surface area contributed by atoms with Gasteiger partial charge < -0.3 is 14.6 Å². The Balaban J connectivity index is 1.40. The second-order valence-corrected chi connectivity index (χ2v) is 7.11. The number of anilines is 1. The lowest BCUT2D eigenvalue weighted by molar-refractivity contribution is 0.0923. The molecule has 5 nitrogen and oxygen atoms in total. The number of hydrogen-bond donors (Lipinski definition) is 1. The van der Waals surface area contributed by atoms with Crippen LogP contribution in [0.1, 0.15) is 22.2 Å². The molecule has 3 aromatic rings. The minimum absolute atomic E-state index is 0.0488. The summed E-state index contributed by atoms with van der Waals surface area (Å²) in [5, 5.41) is 2.97. The monoisotopic (exact) mass is 393 g/mol. The molecule has 4 rings (SSSR count). The molecule has 1 aliphatic heterocycles. The number of furan rings is 1. The van der Waals surface area contributed by atoms with E-state index in [-0.39, 0.29) is 17.8 Å². The zero-order valence-electron chi connectivity index (χ0n) is 16.1. The number of nitrogens with zero attached hydrogens (tertiary/aromatic N) is 2. The number of piperazine rings is 1. The van der Waals surface area contributed by atoms with Gasteiger partial charge in [-0.2, -0.15) is 0 Å². The Morgan fingerprint density at radius 1 is 0.966 bits per heavy atom. The van der Waals surface area contributed by atoms with Crippen molar-refractivity contribution in [1.82, 2.24) is 10.2 Å². The van der Waals surface area contributed by atoms with E-state index in [0.717, 1.165) is 31.9 Å². The first-order chi connectivity index (χ1) is 14.2. The maximum absolute atomic E-state index is 13.1. The van der Waals surface area contributed by atoms with E-state index in [1.807, 2.05) is 18.2 Å². The maximum Gasteiger partial charge on any atom is 0.251 e. The van der Waals surface area contributed by atoms with Crippen LogP contribution >= 0.6 is 0 Å². The lowest BCUT2D eigenvalue weighted by Crippen LogP contribution is -2.49. The van der Waals surface area contributed by atoms with Crippen molar-refractivity contribution in [3.8, 4) is 0 Å². The summed E-state index contributed by atoms with van der Waals surface area (Å²) >= 11 is 0. The van der Waals surface area contributed by atoms with Gasteiger partial charge in [0.1, 0.15) is 11.6 Å². The van der Waals surface area contributed by atoms with Crippen LogP contribution in [0.25, 0.3) is 0 Å². The quantitative estimate of drug-likeness (QED) is 0.694. The summed E-state index contributed by atoms with van der Waals surface area (Å²) < 4.78 is 18.8. The van der Waals surface area contributed by atoms with Gasteiger partial charge in [0.2, 0.25) is 0 Å². The number of carbonyl (C=O) groups excluding carboxylic acids is 1. The van der Waals surface area contributed by atoms with Crippen LogP contribution in [-0.4, -0.2) is 43.5 Å². The van der Waals surface area contributed by atoms with E-state index in [0.29, 0.717) is 12.1 Å². The van der Waals surface area contributed by atoms with Crippen molar-refractivity contribution in [3.05, 3.63) is 90.1 Å². The zero-order chi connectivity index (χ0) is 20.1. The Morgan fingerprint density at radius 3 is 2.34 bits per heavy atom. The molecule has 2 aromatic carbocycles. The van der Waals surface area contributed by atoms with Crippen molar-refractivity contribution in [2.24, 2.45) is 0 Å². The van der Waals surface area contributed by atoms with Gasteiger partial charge in [-0.1, -0.05) is 18.2 Å². The van der Waals surface area contributed by atoms with Crippen LogP contribution in [0.2, 0.25) is 0 Å². The first-order valence-corrected chi connectivity index (χ1v) is 9.82. The highest BCUT2D eigenvalue weighted by Crippen LogP contribution is 2.24. The van der Waals surface area contributed by atoms with Gasteiger partial charge in [-0.05, 0) is 48.5 Å². The maximum atomic E-state index is 13.1. The van der Waals surface area contributed by atoms with Gasteiger partial charge in [-0.3, -0.25) is 9.69 Å².